The van der Waals surface area contributed by atoms with Crippen molar-refractivity contribution in [2.24, 2.45) is 0 Å². The number of benzene rings is 2. The summed E-state index contributed by atoms with van der Waals surface area (Å²) in [5.74, 6) is -0.857. The van der Waals surface area contributed by atoms with Crippen LogP contribution in [0.2, 0.25) is 0 Å². The number of esters is 2. The molecule has 0 fully saturated rings. The molecule has 2 aromatic carbocycles. The van der Waals surface area contributed by atoms with Crippen LogP contribution in [0.25, 0.3) is 6.08 Å². The SMILES string of the molecule is CCOC(=O)c1sc(CC(=O)C(C#N)=Cc2cc(Br)c(OCc3ccccc3)c(OC)c2)c(C(=O)OCC)c1C. The molecule has 10 heteroatoms. The number of hydrogen-bond acceptors (Lipinski definition) is 9. The van der Waals surface area contributed by atoms with E-state index in [1.807, 2.05) is 36.4 Å². The van der Waals surface area contributed by atoms with E-state index < -0.39 is 17.7 Å². The first-order valence-electron chi connectivity index (χ1n) is 12.4. The largest absolute Gasteiger partial charge is 0.493 e. The Labute approximate surface area is 245 Å². The Bertz CT molecular complexity index is 1470. The maximum Gasteiger partial charge on any atom is 0.348 e. The molecule has 0 unspecified atom stereocenters. The predicted octanol–water partition coefficient (Wildman–Crippen LogP) is 6.48. The summed E-state index contributed by atoms with van der Waals surface area (Å²) in [6.45, 7) is 5.56. The van der Waals surface area contributed by atoms with Gasteiger partial charge in [0.05, 0.1) is 35.9 Å². The van der Waals surface area contributed by atoms with Crippen LogP contribution in [0.15, 0.2) is 52.5 Å². The molecule has 8 nitrogen and oxygen atoms in total. The fraction of sp³-hybridized carbons (Fsp3) is 0.267. The van der Waals surface area contributed by atoms with Crippen molar-refractivity contribution in [3.05, 3.63) is 84.5 Å². The van der Waals surface area contributed by atoms with Crippen molar-refractivity contribution in [1.29, 1.82) is 5.26 Å². The first kappa shape index (κ1) is 30.6. The third-order valence-corrected chi connectivity index (χ3v) is 7.55. The Morgan fingerprint density at radius 3 is 2.35 bits per heavy atom. The number of ether oxygens (including phenoxy) is 4. The molecule has 3 rings (SSSR count). The van der Waals surface area contributed by atoms with E-state index >= 15 is 0 Å². The van der Waals surface area contributed by atoms with Gasteiger partial charge < -0.3 is 18.9 Å². The van der Waals surface area contributed by atoms with Crippen LogP contribution >= 0.6 is 27.3 Å². The molecule has 0 aliphatic heterocycles. The molecule has 3 aromatic rings. The Kier molecular flexibility index (Phi) is 11.1. The number of hydrogen-bond donors (Lipinski definition) is 0. The topological polar surface area (TPSA) is 112 Å². The van der Waals surface area contributed by atoms with Crippen LogP contribution < -0.4 is 9.47 Å². The Morgan fingerprint density at radius 1 is 1.05 bits per heavy atom. The summed E-state index contributed by atoms with van der Waals surface area (Å²) in [5, 5.41) is 9.81. The van der Waals surface area contributed by atoms with Crippen molar-refractivity contribution < 1.29 is 33.3 Å². The highest BCUT2D eigenvalue weighted by Gasteiger charge is 2.28. The lowest BCUT2D eigenvalue weighted by Crippen LogP contribution is -2.12. The number of allylic oxidation sites excluding steroid dienone is 1. The van der Waals surface area contributed by atoms with E-state index in [-0.39, 0.29) is 35.6 Å². The number of halogens is 1. The summed E-state index contributed by atoms with van der Waals surface area (Å²) in [7, 11) is 1.50. The van der Waals surface area contributed by atoms with Gasteiger partial charge in [-0.3, -0.25) is 4.79 Å². The zero-order chi connectivity index (χ0) is 29.2. The van der Waals surface area contributed by atoms with Gasteiger partial charge in [-0.25, -0.2) is 9.59 Å². The number of methoxy groups -OCH3 is 1. The van der Waals surface area contributed by atoms with Crippen molar-refractivity contribution in [3.8, 4) is 17.6 Å². The van der Waals surface area contributed by atoms with E-state index in [0.717, 1.165) is 16.9 Å². The second-order valence-electron chi connectivity index (χ2n) is 8.37. The molecule has 0 N–H and O–H groups in total. The molecule has 0 aliphatic rings. The van der Waals surface area contributed by atoms with E-state index in [1.165, 1.54) is 13.2 Å². The van der Waals surface area contributed by atoms with Gasteiger partial charge in [0.2, 0.25) is 0 Å². The van der Waals surface area contributed by atoms with Crippen LogP contribution in [0.1, 0.15) is 55.4 Å². The number of rotatable bonds is 12. The zero-order valence-electron chi connectivity index (χ0n) is 22.5. The second-order valence-corrected chi connectivity index (χ2v) is 10.3. The smallest absolute Gasteiger partial charge is 0.348 e. The number of ketones is 1. The highest BCUT2D eigenvalue weighted by molar-refractivity contribution is 9.10. The molecule has 0 aliphatic carbocycles. The standard InChI is InChI=1S/C30H28BrNO7S/c1-5-37-29(34)26-18(3)28(30(35)38-6-2)40-25(26)15-23(33)21(16-32)12-20-13-22(31)27(24(14-20)36-4)39-17-19-10-8-7-9-11-19/h7-14H,5-6,15,17H2,1-4H3. The minimum Gasteiger partial charge on any atom is -0.493 e. The van der Waals surface area contributed by atoms with Gasteiger partial charge in [-0.2, -0.15) is 5.26 Å². The fourth-order valence-corrected chi connectivity index (χ4v) is 5.60. The molecule has 0 saturated carbocycles. The van der Waals surface area contributed by atoms with Gasteiger partial charge in [-0.05, 0) is 71.6 Å². The molecule has 40 heavy (non-hydrogen) atoms. The minimum absolute atomic E-state index is 0.126. The minimum atomic E-state index is -0.642. The summed E-state index contributed by atoms with van der Waals surface area (Å²) < 4.78 is 22.3. The van der Waals surface area contributed by atoms with Crippen molar-refractivity contribution in [3.63, 3.8) is 0 Å². The highest BCUT2D eigenvalue weighted by atomic mass is 79.9. The van der Waals surface area contributed by atoms with Crippen molar-refractivity contribution in [2.45, 2.75) is 33.8 Å². The number of nitrogens with zero attached hydrogens (tertiary/aromatic N) is 1. The zero-order valence-corrected chi connectivity index (χ0v) is 24.9. The summed E-state index contributed by atoms with van der Waals surface area (Å²) in [5.41, 5.74) is 1.90. The first-order chi connectivity index (χ1) is 19.2. The summed E-state index contributed by atoms with van der Waals surface area (Å²) in [6.07, 6.45) is 1.17. The summed E-state index contributed by atoms with van der Waals surface area (Å²) >= 11 is 4.48. The normalized spacial score (nSPS) is 10.9. The molecule has 1 heterocycles. The van der Waals surface area contributed by atoms with Crippen molar-refractivity contribution in [1.82, 2.24) is 0 Å². The molecule has 0 saturated heterocycles. The Balaban J connectivity index is 1.91. The van der Waals surface area contributed by atoms with Crippen LogP contribution in [-0.2, 0) is 27.3 Å². The maximum atomic E-state index is 13.2. The van der Waals surface area contributed by atoms with E-state index in [2.05, 4.69) is 15.9 Å². The summed E-state index contributed by atoms with van der Waals surface area (Å²) in [6, 6.07) is 15.0. The van der Waals surface area contributed by atoms with Gasteiger partial charge in [0.1, 0.15) is 17.6 Å². The van der Waals surface area contributed by atoms with E-state index in [0.29, 0.717) is 38.6 Å². The molecule has 1 aromatic heterocycles. The van der Waals surface area contributed by atoms with E-state index in [1.54, 1.807) is 32.9 Å². The number of carbonyl (C=O) groups excluding carboxylic acids is 3. The van der Waals surface area contributed by atoms with Gasteiger partial charge in [0, 0.05) is 11.3 Å². The van der Waals surface area contributed by atoms with Crippen LogP contribution in [0, 0.1) is 18.3 Å². The number of thiophene rings is 1. The quantitative estimate of drug-likeness (QED) is 0.128. The molecule has 0 bridgehead atoms. The van der Waals surface area contributed by atoms with E-state index in [4.69, 9.17) is 18.9 Å². The highest BCUT2D eigenvalue weighted by Crippen LogP contribution is 2.38. The van der Waals surface area contributed by atoms with Crippen LogP contribution in [0.3, 0.4) is 0 Å². The van der Waals surface area contributed by atoms with Crippen LogP contribution in [-0.4, -0.2) is 38.0 Å². The molecule has 208 valence electrons. The average Bonchev–Trinajstić information content (AvgIpc) is 3.26. The average molecular weight is 627 g/mol. The van der Waals surface area contributed by atoms with Crippen molar-refractivity contribution in [2.75, 3.05) is 20.3 Å². The maximum absolute atomic E-state index is 13.2. The van der Waals surface area contributed by atoms with Crippen molar-refractivity contribution >= 4 is 51.1 Å². The lowest BCUT2D eigenvalue weighted by atomic mass is 10.0. The van der Waals surface area contributed by atoms with Gasteiger partial charge in [0.25, 0.3) is 0 Å². The lowest BCUT2D eigenvalue weighted by Gasteiger charge is -2.14. The lowest BCUT2D eigenvalue weighted by molar-refractivity contribution is -0.114. The fourth-order valence-electron chi connectivity index (χ4n) is 3.84. The molecule has 0 amide bonds. The van der Waals surface area contributed by atoms with Gasteiger partial charge in [-0.1, -0.05) is 30.3 Å². The predicted molar refractivity (Wildman–Crippen MR) is 155 cm³/mol. The molecule has 0 spiro atoms. The number of nitriles is 1. The number of carbonyl (C=O) groups is 3. The van der Waals surface area contributed by atoms with Gasteiger partial charge in [-0.15, -0.1) is 11.3 Å². The van der Waals surface area contributed by atoms with Gasteiger partial charge >= 0.3 is 11.9 Å². The van der Waals surface area contributed by atoms with Gasteiger partial charge in [0.15, 0.2) is 17.3 Å². The Hall–Kier alpha value is -3.94. The second kappa shape index (κ2) is 14.4. The molecule has 0 atom stereocenters. The number of Topliss-reactive ketones (excluding diaryl/α,β-unsaturated/α-hetero) is 1. The Morgan fingerprint density at radius 2 is 1.73 bits per heavy atom. The molecular formula is C30H28BrNO7S. The van der Waals surface area contributed by atoms with Crippen LogP contribution in [0.5, 0.6) is 11.5 Å². The molecular weight excluding hydrogens is 598 g/mol. The molecule has 0 radical (unpaired) electrons. The third kappa shape index (κ3) is 7.37. The third-order valence-electron chi connectivity index (χ3n) is 5.69. The van der Waals surface area contributed by atoms with Crippen LogP contribution in [0.4, 0.5) is 0 Å². The monoisotopic (exact) mass is 625 g/mol. The summed E-state index contributed by atoms with van der Waals surface area (Å²) in [4.78, 5) is 38.9. The first-order valence-corrected chi connectivity index (χ1v) is 14.0. The van der Waals surface area contributed by atoms with E-state index in [9.17, 15) is 19.6 Å².